The van der Waals surface area contributed by atoms with Gasteiger partial charge in [-0.1, -0.05) is 0 Å². The molecule has 0 aromatic carbocycles. The van der Waals surface area contributed by atoms with Gasteiger partial charge in [0.1, 0.15) is 0 Å². The summed E-state index contributed by atoms with van der Waals surface area (Å²) in [4.78, 5) is 25.0. The summed E-state index contributed by atoms with van der Waals surface area (Å²) in [6.45, 7) is 1.40. The lowest BCUT2D eigenvalue weighted by molar-refractivity contribution is 0.770. The van der Waals surface area contributed by atoms with Crippen LogP contribution < -0.4 is 16.6 Å². The summed E-state index contributed by atoms with van der Waals surface area (Å²) in [6.07, 6.45) is 3.34. The highest BCUT2D eigenvalue weighted by Crippen LogP contribution is 2.02. The van der Waals surface area contributed by atoms with Crippen molar-refractivity contribution in [2.75, 3.05) is 18.4 Å². The smallest absolute Gasteiger partial charge is 0.278 e. The van der Waals surface area contributed by atoms with Crippen molar-refractivity contribution in [3.05, 3.63) is 16.7 Å². The largest absolute Gasteiger partial charge is 0.356 e. The van der Waals surface area contributed by atoms with E-state index in [1.54, 1.807) is 0 Å². The number of unbranched alkanes of at least 4 members (excludes halogenated alkanes) is 1. The maximum absolute atomic E-state index is 11.5. The molecule has 0 bridgehead atoms. The number of aromatic nitrogens is 4. The molecule has 0 unspecified atom stereocenters. The van der Waals surface area contributed by atoms with E-state index in [-0.39, 0.29) is 5.56 Å². The number of imidazole rings is 1. The van der Waals surface area contributed by atoms with Crippen LogP contribution in [0.25, 0.3) is 11.2 Å². The van der Waals surface area contributed by atoms with Gasteiger partial charge >= 0.3 is 0 Å². The molecule has 0 spiro atoms. The fourth-order valence-corrected chi connectivity index (χ4v) is 1.40. The van der Waals surface area contributed by atoms with Crippen molar-refractivity contribution in [3.8, 4) is 0 Å². The first kappa shape index (κ1) is 10.6. The molecule has 2 aromatic rings. The molecule has 0 fully saturated rings. The minimum Gasteiger partial charge on any atom is -0.356 e. The Balaban J connectivity index is 2.10. The van der Waals surface area contributed by atoms with E-state index in [0.717, 1.165) is 19.4 Å². The van der Waals surface area contributed by atoms with Gasteiger partial charge in [-0.25, -0.2) is 4.98 Å². The molecule has 2 rings (SSSR count). The third-order valence-electron chi connectivity index (χ3n) is 2.22. The topological polar surface area (TPSA) is 112 Å². The molecule has 7 heteroatoms. The van der Waals surface area contributed by atoms with E-state index in [0.29, 0.717) is 23.7 Å². The summed E-state index contributed by atoms with van der Waals surface area (Å²) in [5, 5.41) is 3.03. The average Bonchev–Trinajstić information content (AvgIpc) is 2.73. The molecule has 5 N–H and O–H groups in total. The van der Waals surface area contributed by atoms with Crippen LogP contribution in [0.1, 0.15) is 12.8 Å². The summed E-state index contributed by atoms with van der Waals surface area (Å²) in [6, 6.07) is 0. The summed E-state index contributed by atoms with van der Waals surface area (Å²) >= 11 is 0. The monoisotopic (exact) mass is 222 g/mol. The van der Waals surface area contributed by atoms with Crippen molar-refractivity contribution in [3.63, 3.8) is 0 Å². The third kappa shape index (κ3) is 2.19. The second-order valence-electron chi connectivity index (χ2n) is 3.44. The zero-order valence-corrected chi connectivity index (χ0v) is 8.79. The standard InChI is InChI=1S/C9H14N6O/c10-3-1-2-4-11-9-14-7-6(8(16)15-9)12-5-13-7/h5H,1-4,10H2,(H3,11,12,13,14,15,16). The molecule has 7 nitrogen and oxygen atoms in total. The van der Waals surface area contributed by atoms with Gasteiger partial charge in [-0.3, -0.25) is 9.78 Å². The predicted octanol–water partition coefficient (Wildman–Crippen LogP) is -0.203. The number of aromatic amines is 2. The van der Waals surface area contributed by atoms with Crippen LogP contribution in [0.5, 0.6) is 0 Å². The Bertz CT molecular complexity index is 516. The van der Waals surface area contributed by atoms with Gasteiger partial charge in [0, 0.05) is 6.54 Å². The Kier molecular flexibility index (Phi) is 3.16. The van der Waals surface area contributed by atoms with Crippen LogP contribution in [0.4, 0.5) is 5.95 Å². The average molecular weight is 222 g/mol. The molecule has 16 heavy (non-hydrogen) atoms. The second kappa shape index (κ2) is 4.75. The first-order valence-corrected chi connectivity index (χ1v) is 5.18. The highest BCUT2D eigenvalue weighted by atomic mass is 16.1. The van der Waals surface area contributed by atoms with Crippen molar-refractivity contribution in [1.82, 2.24) is 19.9 Å². The minimum atomic E-state index is -0.219. The molecular weight excluding hydrogens is 208 g/mol. The number of anilines is 1. The zero-order valence-electron chi connectivity index (χ0n) is 8.79. The lowest BCUT2D eigenvalue weighted by Crippen LogP contribution is -2.14. The zero-order chi connectivity index (χ0) is 11.4. The molecular formula is C9H14N6O. The molecule has 0 aliphatic carbocycles. The van der Waals surface area contributed by atoms with Crippen LogP contribution in [-0.4, -0.2) is 33.0 Å². The van der Waals surface area contributed by atoms with Gasteiger partial charge in [0.05, 0.1) is 6.33 Å². The highest BCUT2D eigenvalue weighted by molar-refractivity contribution is 5.69. The van der Waals surface area contributed by atoms with Crippen LogP contribution >= 0.6 is 0 Å². The van der Waals surface area contributed by atoms with E-state index in [9.17, 15) is 4.79 Å². The van der Waals surface area contributed by atoms with E-state index in [2.05, 4.69) is 25.3 Å². The fraction of sp³-hybridized carbons (Fsp3) is 0.444. The molecule has 2 aromatic heterocycles. The Morgan fingerprint density at radius 3 is 3.12 bits per heavy atom. The number of nitrogens with one attached hydrogen (secondary N) is 3. The van der Waals surface area contributed by atoms with Gasteiger partial charge < -0.3 is 16.0 Å². The van der Waals surface area contributed by atoms with E-state index in [1.807, 2.05) is 0 Å². The van der Waals surface area contributed by atoms with Crippen molar-refractivity contribution >= 4 is 17.1 Å². The lowest BCUT2D eigenvalue weighted by Gasteiger charge is -2.03. The van der Waals surface area contributed by atoms with Gasteiger partial charge in [0.2, 0.25) is 5.95 Å². The van der Waals surface area contributed by atoms with Crippen molar-refractivity contribution in [1.29, 1.82) is 0 Å². The number of nitrogens with zero attached hydrogens (tertiary/aromatic N) is 2. The molecule has 0 saturated heterocycles. The number of rotatable bonds is 5. The molecule has 0 saturated carbocycles. The third-order valence-corrected chi connectivity index (χ3v) is 2.22. The van der Waals surface area contributed by atoms with E-state index in [1.165, 1.54) is 6.33 Å². The molecule has 0 atom stereocenters. The minimum absolute atomic E-state index is 0.219. The number of nitrogens with two attached hydrogens (primary N) is 1. The normalized spacial score (nSPS) is 10.8. The Labute approximate surface area is 91.5 Å². The van der Waals surface area contributed by atoms with E-state index >= 15 is 0 Å². The fourth-order valence-electron chi connectivity index (χ4n) is 1.40. The predicted molar refractivity (Wildman–Crippen MR) is 61.3 cm³/mol. The summed E-state index contributed by atoms with van der Waals surface area (Å²) in [5.74, 6) is 0.446. The highest BCUT2D eigenvalue weighted by Gasteiger charge is 2.04. The van der Waals surface area contributed by atoms with Crippen molar-refractivity contribution in [2.45, 2.75) is 12.8 Å². The van der Waals surface area contributed by atoms with Gasteiger partial charge in [0.15, 0.2) is 11.2 Å². The van der Waals surface area contributed by atoms with Crippen LogP contribution in [0, 0.1) is 0 Å². The second-order valence-corrected chi connectivity index (χ2v) is 3.44. The van der Waals surface area contributed by atoms with Crippen LogP contribution in [0.3, 0.4) is 0 Å². The molecule has 0 aliphatic heterocycles. The van der Waals surface area contributed by atoms with Crippen molar-refractivity contribution in [2.24, 2.45) is 5.73 Å². The first-order valence-electron chi connectivity index (χ1n) is 5.18. The number of hydrogen-bond acceptors (Lipinski definition) is 5. The van der Waals surface area contributed by atoms with Crippen molar-refractivity contribution < 1.29 is 0 Å². The Morgan fingerprint density at radius 1 is 1.44 bits per heavy atom. The lowest BCUT2D eigenvalue weighted by atomic mass is 10.3. The summed E-state index contributed by atoms with van der Waals surface area (Å²) < 4.78 is 0. The molecule has 2 heterocycles. The quantitative estimate of drug-likeness (QED) is 0.523. The van der Waals surface area contributed by atoms with Crippen LogP contribution in [0.15, 0.2) is 11.1 Å². The molecule has 0 amide bonds. The van der Waals surface area contributed by atoms with Gasteiger partial charge in [-0.15, -0.1) is 0 Å². The number of fused-ring (bicyclic) bond motifs is 1. The Morgan fingerprint density at radius 2 is 2.31 bits per heavy atom. The van der Waals surface area contributed by atoms with Crippen LogP contribution in [-0.2, 0) is 0 Å². The van der Waals surface area contributed by atoms with Gasteiger partial charge in [-0.05, 0) is 19.4 Å². The SMILES string of the molecule is NCCCCNc1nc2nc[nH]c2c(=O)[nH]1. The summed E-state index contributed by atoms with van der Waals surface area (Å²) in [7, 11) is 0. The van der Waals surface area contributed by atoms with Crippen LogP contribution in [0.2, 0.25) is 0 Å². The maximum Gasteiger partial charge on any atom is 0.278 e. The Hall–Kier alpha value is -1.89. The molecule has 0 aliphatic rings. The maximum atomic E-state index is 11.5. The van der Waals surface area contributed by atoms with E-state index in [4.69, 9.17) is 5.73 Å². The number of H-pyrrole nitrogens is 2. The first-order chi connectivity index (χ1) is 7.81. The van der Waals surface area contributed by atoms with Gasteiger partial charge in [0.25, 0.3) is 5.56 Å². The molecule has 86 valence electrons. The molecule has 0 radical (unpaired) electrons. The van der Waals surface area contributed by atoms with E-state index < -0.39 is 0 Å². The van der Waals surface area contributed by atoms with Gasteiger partial charge in [-0.2, -0.15) is 4.98 Å². The number of hydrogen-bond donors (Lipinski definition) is 4. The summed E-state index contributed by atoms with van der Waals surface area (Å²) in [5.41, 5.74) is 5.98.